The Bertz CT molecular complexity index is 798. The smallest absolute Gasteiger partial charge is 0.203 e. The van der Waals surface area contributed by atoms with Gasteiger partial charge in [0.25, 0.3) is 0 Å². The summed E-state index contributed by atoms with van der Waals surface area (Å²) in [6, 6.07) is 24.4. The van der Waals surface area contributed by atoms with E-state index in [-0.39, 0.29) is 5.78 Å². The number of benzene rings is 3. The Labute approximate surface area is 140 Å². The van der Waals surface area contributed by atoms with Gasteiger partial charge in [0, 0.05) is 10.6 Å². The summed E-state index contributed by atoms with van der Waals surface area (Å²) in [4.78, 5) is 13.1. The van der Waals surface area contributed by atoms with Crippen LogP contribution in [0.25, 0.3) is 0 Å². The fourth-order valence-electron chi connectivity index (χ4n) is 2.60. The maximum absolute atomic E-state index is 13.1. The molecule has 3 rings (SSSR count). The first-order chi connectivity index (χ1) is 11.1. The highest BCUT2D eigenvalue weighted by Crippen LogP contribution is 2.33. The highest BCUT2D eigenvalue weighted by Gasteiger charge is 2.40. The second kappa shape index (κ2) is 6.37. The number of carbonyl (C=O) groups excluding carboxylic acids is 1. The quantitative estimate of drug-likeness (QED) is 0.720. The van der Waals surface area contributed by atoms with Crippen LogP contribution in [0.1, 0.15) is 21.5 Å². The molecule has 0 saturated heterocycles. The first-order valence-corrected chi connectivity index (χ1v) is 7.64. The molecule has 0 fully saturated rings. The van der Waals surface area contributed by atoms with Crippen molar-refractivity contribution in [2.24, 2.45) is 0 Å². The van der Waals surface area contributed by atoms with Gasteiger partial charge in [-0.2, -0.15) is 0 Å². The molecule has 3 aromatic carbocycles. The number of Topliss-reactive ketones (excluding diaryl/α,β-unsaturated/α-hetero) is 1. The van der Waals surface area contributed by atoms with Crippen LogP contribution < -0.4 is 0 Å². The molecule has 0 bridgehead atoms. The molecule has 0 spiro atoms. The summed E-state index contributed by atoms with van der Waals surface area (Å²) in [5, 5.41) is 11.9. The topological polar surface area (TPSA) is 37.3 Å². The van der Waals surface area contributed by atoms with Gasteiger partial charge in [-0.25, -0.2) is 0 Å². The van der Waals surface area contributed by atoms with Crippen LogP contribution in [0.5, 0.6) is 0 Å². The highest BCUT2D eigenvalue weighted by atomic mass is 35.5. The number of carbonyl (C=O) groups is 1. The summed E-state index contributed by atoms with van der Waals surface area (Å²) >= 11 is 5.94. The van der Waals surface area contributed by atoms with E-state index in [4.69, 9.17) is 11.6 Å². The third-order valence-electron chi connectivity index (χ3n) is 3.82. The van der Waals surface area contributed by atoms with Gasteiger partial charge in [0.15, 0.2) is 5.60 Å². The normalized spacial score (nSPS) is 13.3. The number of rotatable bonds is 4. The van der Waals surface area contributed by atoms with Crippen molar-refractivity contribution in [3.05, 3.63) is 107 Å². The SMILES string of the molecule is O=C(c1ccccc1)[C@](O)(c1ccccc1)c1ccc(Cl)cc1. The molecule has 0 aliphatic heterocycles. The maximum atomic E-state index is 13.1. The van der Waals surface area contributed by atoms with Gasteiger partial charge in [-0.1, -0.05) is 84.4 Å². The van der Waals surface area contributed by atoms with E-state index in [9.17, 15) is 9.90 Å². The molecule has 23 heavy (non-hydrogen) atoms. The van der Waals surface area contributed by atoms with Crippen molar-refractivity contribution in [2.75, 3.05) is 0 Å². The van der Waals surface area contributed by atoms with E-state index in [1.54, 1.807) is 72.8 Å². The molecule has 114 valence electrons. The average Bonchev–Trinajstić information content (AvgIpc) is 2.62. The van der Waals surface area contributed by atoms with E-state index in [0.717, 1.165) is 0 Å². The van der Waals surface area contributed by atoms with Gasteiger partial charge in [0.1, 0.15) is 0 Å². The van der Waals surface area contributed by atoms with Crippen molar-refractivity contribution < 1.29 is 9.90 Å². The van der Waals surface area contributed by atoms with Gasteiger partial charge < -0.3 is 5.11 Å². The molecule has 0 heterocycles. The Hall–Kier alpha value is -2.42. The van der Waals surface area contributed by atoms with Gasteiger partial charge in [-0.3, -0.25) is 4.79 Å². The first-order valence-electron chi connectivity index (χ1n) is 7.26. The van der Waals surface area contributed by atoms with E-state index < -0.39 is 5.60 Å². The summed E-state index contributed by atoms with van der Waals surface area (Å²) in [5.41, 5.74) is -0.292. The van der Waals surface area contributed by atoms with E-state index >= 15 is 0 Å². The molecule has 0 unspecified atom stereocenters. The zero-order valence-electron chi connectivity index (χ0n) is 12.3. The third-order valence-corrected chi connectivity index (χ3v) is 4.07. The Morgan fingerprint density at radius 1 is 0.739 bits per heavy atom. The standard InChI is InChI=1S/C20H15ClO2/c21-18-13-11-17(12-14-18)20(23,16-9-5-2-6-10-16)19(22)15-7-3-1-4-8-15/h1-14,23H/t20-/m0/s1. The van der Waals surface area contributed by atoms with E-state index in [1.807, 2.05) is 12.1 Å². The molecule has 0 saturated carbocycles. The Balaban J connectivity index is 2.18. The summed E-state index contributed by atoms with van der Waals surface area (Å²) < 4.78 is 0. The molecule has 1 atom stereocenters. The highest BCUT2D eigenvalue weighted by molar-refractivity contribution is 6.30. The first kappa shape index (κ1) is 15.5. The number of halogens is 1. The van der Waals surface area contributed by atoms with Crippen LogP contribution >= 0.6 is 11.6 Å². The third kappa shape index (κ3) is 2.91. The van der Waals surface area contributed by atoms with E-state index in [0.29, 0.717) is 21.7 Å². The van der Waals surface area contributed by atoms with Crippen LogP contribution in [-0.4, -0.2) is 10.9 Å². The average molecular weight is 323 g/mol. The second-order valence-corrected chi connectivity index (χ2v) is 5.71. The van der Waals surface area contributed by atoms with Crippen molar-refractivity contribution in [1.29, 1.82) is 0 Å². The van der Waals surface area contributed by atoms with E-state index in [1.165, 1.54) is 0 Å². The lowest BCUT2D eigenvalue weighted by Gasteiger charge is -2.28. The van der Waals surface area contributed by atoms with Gasteiger partial charge in [0.2, 0.25) is 5.78 Å². The fraction of sp³-hybridized carbons (Fsp3) is 0.0500. The minimum Gasteiger partial charge on any atom is -0.373 e. The molecule has 3 heteroatoms. The van der Waals surface area contributed by atoms with E-state index in [2.05, 4.69) is 0 Å². The summed E-state index contributed by atoms with van der Waals surface area (Å²) in [6.45, 7) is 0. The molecule has 0 aromatic heterocycles. The van der Waals surface area contributed by atoms with Crippen LogP contribution in [-0.2, 0) is 5.60 Å². The van der Waals surface area contributed by atoms with Crippen LogP contribution in [0.2, 0.25) is 5.02 Å². The monoisotopic (exact) mass is 322 g/mol. The summed E-state index contributed by atoms with van der Waals surface area (Å²) in [7, 11) is 0. The molecule has 1 N–H and O–H groups in total. The second-order valence-electron chi connectivity index (χ2n) is 5.28. The maximum Gasteiger partial charge on any atom is 0.203 e. The molecule has 3 aromatic rings. The Kier molecular flexibility index (Phi) is 4.28. The zero-order chi connectivity index (χ0) is 16.3. The molecule has 0 aliphatic carbocycles. The largest absolute Gasteiger partial charge is 0.373 e. The lowest BCUT2D eigenvalue weighted by molar-refractivity contribution is 0.0488. The Morgan fingerprint density at radius 3 is 1.78 bits per heavy atom. The predicted molar refractivity (Wildman–Crippen MR) is 91.7 cm³/mol. The molecular weight excluding hydrogens is 308 g/mol. The lowest BCUT2D eigenvalue weighted by Crippen LogP contribution is -2.37. The van der Waals surface area contributed by atoms with Crippen molar-refractivity contribution in [3.8, 4) is 0 Å². The summed E-state index contributed by atoms with van der Waals surface area (Å²) in [6.07, 6.45) is 0. The molecular formula is C20H15ClO2. The van der Waals surface area contributed by atoms with Crippen LogP contribution in [0.3, 0.4) is 0 Å². The van der Waals surface area contributed by atoms with Gasteiger partial charge in [-0.05, 0) is 23.3 Å². The molecule has 0 aliphatic rings. The minimum atomic E-state index is -1.76. The van der Waals surface area contributed by atoms with Gasteiger partial charge >= 0.3 is 0 Å². The van der Waals surface area contributed by atoms with Crippen molar-refractivity contribution in [1.82, 2.24) is 0 Å². The lowest BCUT2D eigenvalue weighted by atomic mass is 9.80. The minimum absolute atomic E-state index is 0.369. The zero-order valence-corrected chi connectivity index (χ0v) is 13.1. The number of hydrogen-bond donors (Lipinski definition) is 1. The van der Waals surface area contributed by atoms with Crippen molar-refractivity contribution in [3.63, 3.8) is 0 Å². The van der Waals surface area contributed by atoms with Gasteiger partial charge in [-0.15, -0.1) is 0 Å². The molecule has 0 amide bonds. The molecule has 2 nitrogen and oxygen atoms in total. The van der Waals surface area contributed by atoms with Crippen molar-refractivity contribution >= 4 is 17.4 Å². The van der Waals surface area contributed by atoms with Crippen LogP contribution in [0, 0.1) is 0 Å². The molecule has 0 radical (unpaired) electrons. The van der Waals surface area contributed by atoms with Gasteiger partial charge in [0.05, 0.1) is 0 Å². The predicted octanol–water partition coefficient (Wildman–Crippen LogP) is 4.46. The number of ketones is 1. The fourth-order valence-corrected chi connectivity index (χ4v) is 2.72. The van der Waals surface area contributed by atoms with Crippen molar-refractivity contribution in [2.45, 2.75) is 5.60 Å². The van der Waals surface area contributed by atoms with Crippen LogP contribution in [0.15, 0.2) is 84.9 Å². The van der Waals surface area contributed by atoms with Crippen LogP contribution in [0.4, 0.5) is 0 Å². The summed E-state index contributed by atoms with van der Waals surface area (Å²) in [5.74, 6) is -0.369. The number of hydrogen-bond acceptors (Lipinski definition) is 2. The Morgan fingerprint density at radius 2 is 1.22 bits per heavy atom. The number of aliphatic hydroxyl groups is 1.